The molecule has 1 rings (SSSR count). The van der Waals surface area contributed by atoms with Crippen molar-refractivity contribution >= 4 is 17.3 Å². The van der Waals surface area contributed by atoms with Gasteiger partial charge in [0.2, 0.25) is 5.91 Å². The first-order valence-electron chi connectivity index (χ1n) is 4.75. The molecule has 1 aromatic carbocycles. The third-order valence-electron chi connectivity index (χ3n) is 2.01. The Morgan fingerprint density at radius 3 is 2.56 bits per heavy atom. The van der Waals surface area contributed by atoms with E-state index in [9.17, 15) is 4.79 Å². The molecule has 0 spiro atoms. The summed E-state index contributed by atoms with van der Waals surface area (Å²) in [4.78, 5) is 11.2. The zero-order valence-electron chi connectivity index (χ0n) is 9.23. The van der Waals surface area contributed by atoms with E-state index in [1.807, 2.05) is 0 Å². The molecule has 0 radical (unpaired) electrons. The number of anilines is 1. The maximum Gasteiger partial charge on any atom is 0.250 e. The smallest absolute Gasteiger partial charge is 0.250 e. The second kappa shape index (κ2) is 5.87. The number of hydrogen-bond acceptors (Lipinski definition) is 4. The molecule has 1 aromatic rings. The molecule has 0 atom stereocenters. The van der Waals surface area contributed by atoms with Crippen LogP contribution < -0.4 is 5.32 Å². The van der Waals surface area contributed by atoms with Gasteiger partial charge in [-0.25, -0.2) is 0 Å². The molecule has 86 valence electrons. The topological polar surface area (TPSA) is 70.9 Å². The molecule has 0 aliphatic carbocycles. The average Bonchev–Trinajstić information content (AvgIpc) is 2.29. The fraction of sp³-hybridized carbons (Fsp3) is 0.273. The molecule has 0 aliphatic rings. The number of ether oxygens (including phenoxy) is 1. The maximum absolute atomic E-state index is 11.2. The van der Waals surface area contributed by atoms with E-state index in [-0.39, 0.29) is 12.5 Å². The fourth-order valence-electron chi connectivity index (χ4n) is 1.18. The SMILES string of the molecule is COCC(=O)Nc1ccc(/C(C)=N/O)cc1. The van der Waals surface area contributed by atoms with Crippen molar-refractivity contribution in [2.75, 3.05) is 19.0 Å². The van der Waals surface area contributed by atoms with Crippen molar-refractivity contribution in [3.05, 3.63) is 29.8 Å². The quantitative estimate of drug-likeness (QED) is 0.460. The first kappa shape index (κ1) is 12.2. The minimum Gasteiger partial charge on any atom is -0.411 e. The fourth-order valence-corrected chi connectivity index (χ4v) is 1.18. The van der Waals surface area contributed by atoms with Crippen LogP contribution in [0, 0.1) is 0 Å². The summed E-state index contributed by atoms with van der Waals surface area (Å²) in [6.45, 7) is 1.72. The number of rotatable bonds is 4. The lowest BCUT2D eigenvalue weighted by Gasteiger charge is -2.05. The van der Waals surface area contributed by atoms with Crippen LogP contribution in [0.15, 0.2) is 29.4 Å². The van der Waals surface area contributed by atoms with E-state index >= 15 is 0 Å². The van der Waals surface area contributed by atoms with Crippen molar-refractivity contribution in [2.45, 2.75) is 6.92 Å². The Labute approximate surface area is 93.7 Å². The monoisotopic (exact) mass is 222 g/mol. The number of amides is 1. The molecule has 0 bridgehead atoms. The number of oxime groups is 1. The van der Waals surface area contributed by atoms with Crippen molar-refractivity contribution in [2.24, 2.45) is 5.16 Å². The summed E-state index contributed by atoms with van der Waals surface area (Å²) in [5.41, 5.74) is 2.00. The van der Waals surface area contributed by atoms with Crippen LogP contribution in [0.5, 0.6) is 0 Å². The van der Waals surface area contributed by atoms with Gasteiger partial charge in [0.15, 0.2) is 0 Å². The second-order valence-corrected chi connectivity index (χ2v) is 3.24. The number of nitrogens with zero attached hydrogens (tertiary/aromatic N) is 1. The molecule has 0 aliphatic heterocycles. The molecule has 5 heteroatoms. The van der Waals surface area contributed by atoms with E-state index in [0.717, 1.165) is 5.56 Å². The summed E-state index contributed by atoms with van der Waals surface area (Å²) < 4.78 is 4.69. The number of methoxy groups -OCH3 is 1. The Kier molecular flexibility index (Phi) is 4.47. The molecule has 16 heavy (non-hydrogen) atoms. The lowest BCUT2D eigenvalue weighted by Crippen LogP contribution is -2.17. The van der Waals surface area contributed by atoms with E-state index < -0.39 is 0 Å². The third-order valence-corrected chi connectivity index (χ3v) is 2.01. The van der Waals surface area contributed by atoms with Gasteiger partial charge in [0.05, 0.1) is 5.71 Å². The van der Waals surface area contributed by atoms with Crippen LogP contribution in [0.25, 0.3) is 0 Å². The summed E-state index contributed by atoms with van der Waals surface area (Å²) in [5.74, 6) is -0.206. The molecule has 0 fully saturated rings. The van der Waals surface area contributed by atoms with Gasteiger partial charge in [-0.15, -0.1) is 0 Å². The highest BCUT2D eigenvalue weighted by Crippen LogP contribution is 2.10. The molecule has 0 unspecified atom stereocenters. The summed E-state index contributed by atoms with van der Waals surface area (Å²) >= 11 is 0. The zero-order chi connectivity index (χ0) is 12.0. The van der Waals surface area contributed by atoms with Gasteiger partial charge in [0.1, 0.15) is 6.61 Å². The molecule has 0 heterocycles. The Balaban J connectivity index is 2.68. The van der Waals surface area contributed by atoms with Crippen molar-refractivity contribution in [1.82, 2.24) is 0 Å². The van der Waals surface area contributed by atoms with E-state index in [2.05, 4.69) is 10.5 Å². The number of benzene rings is 1. The van der Waals surface area contributed by atoms with E-state index in [1.165, 1.54) is 7.11 Å². The zero-order valence-corrected chi connectivity index (χ0v) is 9.23. The Morgan fingerprint density at radius 1 is 1.44 bits per heavy atom. The minimum atomic E-state index is -0.206. The molecular weight excluding hydrogens is 208 g/mol. The van der Waals surface area contributed by atoms with Crippen LogP contribution in [-0.2, 0) is 9.53 Å². The third kappa shape index (κ3) is 3.36. The highest BCUT2D eigenvalue weighted by Gasteiger charge is 2.02. The average molecular weight is 222 g/mol. The lowest BCUT2D eigenvalue weighted by atomic mass is 10.1. The first-order chi connectivity index (χ1) is 7.67. The molecule has 0 saturated carbocycles. The number of carbonyl (C=O) groups excluding carboxylic acids is 1. The predicted octanol–water partition coefficient (Wildman–Crippen LogP) is 1.47. The number of carbonyl (C=O) groups is 1. The van der Waals surface area contributed by atoms with Crippen molar-refractivity contribution in [3.8, 4) is 0 Å². The highest BCUT2D eigenvalue weighted by molar-refractivity contribution is 5.99. The Hall–Kier alpha value is -1.88. The molecule has 1 amide bonds. The summed E-state index contributed by atoms with van der Waals surface area (Å²) in [6, 6.07) is 6.99. The standard InChI is InChI=1S/C11H14N2O3/c1-8(13-15)9-3-5-10(6-4-9)12-11(14)7-16-2/h3-6,15H,7H2,1-2H3,(H,12,14)/b13-8+. The molecule has 5 nitrogen and oxygen atoms in total. The number of nitrogens with one attached hydrogen (secondary N) is 1. The largest absolute Gasteiger partial charge is 0.411 e. The van der Waals surface area contributed by atoms with Crippen molar-refractivity contribution in [3.63, 3.8) is 0 Å². The lowest BCUT2D eigenvalue weighted by molar-refractivity contribution is -0.119. The highest BCUT2D eigenvalue weighted by atomic mass is 16.5. The van der Waals surface area contributed by atoms with Crippen LogP contribution in [0.2, 0.25) is 0 Å². The Bertz CT molecular complexity index is 385. The Morgan fingerprint density at radius 2 is 2.06 bits per heavy atom. The van der Waals surface area contributed by atoms with Crippen LogP contribution in [0.1, 0.15) is 12.5 Å². The van der Waals surface area contributed by atoms with Gasteiger partial charge in [-0.05, 0) is 24.6 Å². The minimum absolute atomic E-state index is 0.0267. The van der Waals surface area contributed by atoms with Gasteiger partial charge in [0, 0.05) is 12.8 Å². The van der Waals surface area contributed by atoms with E-state index in [0.29, 0.717) is 11.4 Å². The normalized spacial score (nSPS) is 11.2. The summed E-state index contributed by atoms with van der Waals surface area (Å²) in [6.07, 6.45) is 0. The second-order valence-electron chi connectivity index (χ2n) is 3.24. The van der Waals surface area contributed by atoms with Crippen LogP contribution in [0.3, 0.4) is 0 Å². The van der Waals surface area contributed by atoms with Gasteiger partial charge in [-0.2, -0.15) is 0 Å². The van der Waals surface area contributed by atoms with Crippen LogP contribution >= 0.6 is 0 Å². The van der Waals surface area contributed by atoms with Crippen LogP contribution in [-0.4, -0.2) is 30.5 Å². The van der Waals surface area contributed by atoms with Crippen LogP contribution in [0.4, 0.5) is 5.69 Å². The molecule has 0 aromatic heterocycles. The van der Waals surface area contributed by atoms with E-state index in [4.69, 9.17) is 9.94 Å². The maximum atomic E-state index is 11.2. The summed E-state index contributed by atoms with van der Waals surface area (Å²) in [7, 11) is 1.46. The molecule has 2 N–H and O–H groups in total. The predicted molar refractivity (Wildman–Crippen MR) is 60.9 cm³/mol. The van der Waals surface area contributed by atoms with Crippen molar-refractivity contribution < 1.29 is 14.7 Å². The van der Waals surface area contributed by atoms with Gasteiger partial charge in [0.25, 0.3) is 0 Å². The summed E-state index contributed by atoms with van der Waals surface area (Å²) in [5, 5.41) is 14.3. The van der Waals surface area contributed by atoms with Gasteiger partial charge < -0.3 is 15.3 Å². The number of hydrogen-bond donors (Lipinski definition) is 2. The van der Waals surface area contributed by atoms with Gasteiger partial charge >= 0.3 is 0 Å². The molecule has 0 saturated heterocycles. The molecular formula is C11H14N2O3. The van der Waals surface area contributed by atoms with Crippen molar-refractivity contribution in [1.29, 1.82) is 0 Å². The first-order valence-corrected chi connectivity index (χ1v) is 4.75. The van der Waals surface area contributed by atoms with Gasteiger partial charge in [-0.3, -0.25) is 4.79 Å². The van der Waals surface area contributed by atoms with Gasteiger partial charge in [-0.1, -0.05) is 17.3 Å². The van der Waals surface area contributed by atoms with E-state index in [1.54, 1.807) is 31.2 Å².